The van der Waals surface area contributed by atoms with Gasteiger partial charge in [-0.25, -0.2) is 4.79 Å². The summed E-state index contributed by atoms with van der Waals surface area (Å²) >= 11 is 0. The van der Waals surface area contributed by atoms with Gasteiger partial charge in [0.25, 0.3) is 0 Å². The van der Waals surface area contributed by atoms with E-state index in [0.717, 1.165) is 27.8 Å². The van der Waals surface area contributed by atoms with E-state index >= 15 is 0 Å². The number of nitrogens with zero attached hydrogens (tertiary/aromatic N) is 2. The van der Waals surface area contributed by atoms with Gasteiger partial charge in [0.1, 0.15) is 5.75 Å². The summed E-state index contributed by atoms with van der Waals surface area (Å²) < 4.78 is 6.14. The van der Waals surface area contributed by atoms with Crippen LogP contribution in [0.5, 0.6) is 5.75 Å². The molecule has 1 aromatic heterocycles. The summed E-state index contributed by atoms with van der Waals surface area (Å²) in [5.74, 6) is 0.173. The van der Waals surface area contributed by atoms with Gasteiger partial charge in [-0.05, 0) is 52.9 Å². The number of benzene rings is 3. The number of oxime groups is 1. The summed E-state index contributed by atoms with van der Waals surface area (Å²) in [6, 6.07) is 26.2. The quantitative estimate of drug-likeness (QED) is 0.114. The molecule has 0 radical (unpaired) electrons. The molecule has 1 unspecified atom stereocenters. The first-order valence-corrected chi connectivity index (χ1v) is 11.4. The van der Waals surface area contributed by atoms with E-state index in [9.17, 15) is 14.8 Å². The van der Waals surface area contributed by atoms with Crippen LogP contribution < -0.4 is 10.3 Å². The van der Waals surface area contributed by atoms with Crippen LogP contribution in [-0.2, 0) is 7.05 Å². The minimum atomic E-state index is -1.35. The number of ether oxygens (including phenoxy) is 1. The molecule has 7 nitrogen and oxygen atoms in total. The lowest BCUT2D eigenvalue weighted by Gasteiger charge is -2.21. The topological polar surface area (TPSA) is 101 Å². The molecule has 0 bridgehead atoms. The van der Waals surface area contributed by atoms with Crippen LogP contribution in [0, 0.1) is 6.92 Å². The lowest BCUT2D eigenvalue weighted by molar-refractivity contribution is 0.144. The highest BCUT2D eigenvalue weighted by molar-refractivity contribution is 6.00. The second kappa shape index (κ2) is 10.7. The van der Waals surface area contributed by atoms with Gasteiger partial charge in [0.05, 0.1) is 5.71 Å². The third kappa shape index (κ3) is 5.52. The summed E-state index contributed by atoms with van der Waals surface area (Å²) in [4.78, 5) is 22.6. The summed E-state index contributed by atoms with van der Waals surface area (Å²) in [6.45, 7) is 2.05. The van der Waals surface area contributed by atoms with E-state index in [1.54, 1.807) is 31.4 Å². The summed E-state index contributed by atoms with van der Waals surface area (Å²) in [5.41, 5.74) is 6.21. The van der Waals surface area contributed by atoms with Gasteiger partial charge >= 0.3 is 6.16 Å². The average molecular weight is 483 g/mol. The van der Waals surface area contributed by atoms with Crippen molar-refractivity contribution in [3.8, 4) is 16.9 Å². The fourth-order valence-electron chi connectivity index (χ4n) is 4.28. The molecule has 0 saturated carbocycles. The first-order chi connectivity index (χ1) is 17.4. The lowest BCUT2D eigenvalue weighted by Crippen LogP contribution is -2.18. The van der Waals surface area contributed by atoms with Crippen LogP contribution in [0.1, 0.15) is 34.6 Å². The van der Waals surface area contributed by atoms with E-state index < -0.39 is 6.16 Å². The van der Waals surface area contributed by atoms with E-state index in [-0.39, 0.29) is 17.2 Å². The Balaban J connectivity index is 1.67. The molecule has 0 amide bonds. The van der Waals surface area contributed by atoms with Gasteiger partial charge in [0.15, 0.2) is 0 Å². The maximum atomic E-state index is 11.8. The highest BCUT2D eigenvalue weighted by atomic mass is 16.7. The predicted octanol–water partition coefficient (Wildman–Crippen LogP) is 5.82. The average Bonchev–Trinajstić information content (AvgIpc) is 2.88. The molecule has 182 valence electrons. The van der Waals surface area contributed by atoms with Crippen molar-refractivity contribution in [2.45, 2.75) is 19.3 Å². The van der Waals surface area contributed by atoms with Crippen molar-refractivity contribution in [2.24, 2.45) is 12.2 Å². The van der Waals surface area contributed by atoms with Crippen molar-refractivity contribution in [2.75, 3.05) is 0 Å². The lowest BCUT2D eigenvalue weighted by atomic mass is 9.83. The number of aryl methyl sites for hydroxylation is 2. The molecular weight excluding hydrogens is 456 g/mol. The largest absolute Gasteiger partial charge is 0.511 e. The molecule has 0 aliphatic carbocycles. The smallest absolute Gasteiger partial charge is 0.449 e. The molecule has 4 aromatic rings. The van der Waals surface area contributed by atoms with Crippen LogP contribution in [0.4, 0.5) is 4.79 Å². The van der Waals surface area contributed by atoms with Gasteiger partial charge in [0, 0.05) is 37.2 Å². The Morgan fingerprint density at radius 2 is 1.58 bits per heavy atom. The molecule has 2 N–H and O–H groups in total. The number of carbonyl (C=O) groups is 1. The van der Waals surface area contributed by atoms with Gasteiger partial charge < -0.3 is 19.6 Å². The summed E-state index contributed by atoms with van der Waals surface area (Å²) in [5, 5.41) is 22.2. The van der Waals surface area contributed by atoms with Crippen molar-refractivity contribution in [1.82, 2.24) is 4.57 Å². The SMILES string of the molecule is Cc1ccccc1C(C/C(=N\O)c1ccc(=O)n(C)c1)c1ccc(-c2ccc(OC(=O)O)cc2)cc1. The van der Waals surface area contributed by atoms with Crippen LogP contribution >= 0.6 is 0 Å². The Kier molecular flexibility index (Phi) is 7.30. The second-order valence-corrected chi connectivity index (χ2v) is 8.54. The highest BCUT2D eigenvalue weighted by Gasteiger charge is 2.21. The van der Waals surface area contributed by atoms with Crippen molar-refractivity contribution in [1.29, 1.82) is 0 Å². The molecule has 0 fully saturated rings. The summed E-state index contributed by atoms with van der Waals surface area (Å²) in [6.07, 6.45) is 0.755. The van der Waals surface area contributed by atoms with Crippen LogP contribution in [0.2, 0.25) is 0 Å². The van der Waals surface area contributed by atoms with E-state index in [4.69, 9.17) is 5.11 Å². The Morgan fingerprint density at radius 3 is 2.17 bits per heavy atom. The first-order valence-electron chi connectivity index (χ1n) is 11.4. The molecule has 0 spiro atoms. The van der Waals surface area contributed by atoms with E-state index in [2.05, 4.69) is 28.9 Å². The van der Waals surface area contributed by atoms with Gasteiger partial charge in [-0.1, -0.05) is 65.8 Å². The third-order valence-electron chi connectivity index (χ3n) is 6.21. The van der Waals surface area contributed by atoms with E-state index in [0.29, 0.717) is 17.7 Å². The third-order valence-corrected chi connectivity index (χ3v) is 6.21. The normalized spacial score (nSPS) is 12.2. The maximum absolute atomic E-state index is 11.8. The summed E-state index contributed by atoms with van der Waals surface area (Å²) in [7, 11) is 1.67. The van der Waals surface area contributed by atoms with Gasteiger partial charge in [-0.15, -0.1) is 0 Å². The fourth-order valence-corrected chi connectivity index (χ4v) is 4.28. The zero-order valence-corrected chi connectivity index (χ0v) is 20.0. The van der Waals surface area contributed by atoms with E-state index in [1.807, 2.05) is 48.5 Å². The minimum Gasteiger partial charge on any atom is -0.449 e. The van der Waals surface area contributed by atoms with Crippen LogP contribution in [0.25, 0.3) is 11.1 Å². The van der Waals surface area contributed by atoms with Gasteiger partial charge in [0.2, 0.25) is 5.56 Å². The Labute approximate surface area is 208 Å². The number of carboxylic acid groups (broad SMARTS) is 1. The highest BCUT2D eigenvalue weighted by Crippen LogP contribution is 2.33. The molecule has 4 rings (SSSR count). The van der Waals surface area contributed by atoms with Crippen LogP contribution in [0.15, 0.2) is 101 Å². The second-order valence-electron chi connectivity index (χ2n) is 8.54. The number of aromatic nitrogens is 1. The van der Waals surface area contributed by atoms with Crippen molar-refractivity contribution in [3.05, 3.63) is 124 Å². The molecule has 3 aromatic carbocycles. The monoisotopic (exact) mass is 482 g/mol. The first kappa shape index (κ1) is 24.5. The molecule has 0 aliphatic rings. The van der Waals surface area contributed by atoms with Gasteiger partial charge in [-0.2, -0.15) is 0 Å². The zero-order chi connectivity index (χ0) is 25.7. The Bertz CT molecular complexity index is 1450. The zero-order valence-electron chi connectivity index (χ0n) is 20.0. The van der Waals surface area contributed by atoms with Crippen molar-refractivity contribution < 1.29 is 19.8 Å². The molecule has 0 aliphatic heterocycles. The standard InChI is InChI=1S/C29H26N2O5/c1-19-5-3-4-6-25(19)26(17-27(30-35)23-13-16-28(32)31(2)18-23)22-9-7-20(8-10-22)21-11-14-24(15-12-21)36-29(33)34/h3-16,18,26,35H,17H2,1-2H3,(H,33,34)/b30-27+. The van der Waals surface area contributed by atoms with Crippen molar-refractivity contribution >= 4 is 11.9 Å². The molecule has 1 heterocycles. The maximum Gasteiger partial charge on any atom is 0.511 e. The number of rotatable bonds is 7. The van der Waals surface area contributed by atoms with Crippen molar-refractivity contribution in [3.63, 3.8) is 0 Å². The number of hydrogen-bond acceptors (Lipinski definition) is 5. The fraction of sp³-hybridized carbons (Fsp3) is 0.138. The molecular formula is C29H26N2O5. The Hall–Kier alpha value is -4.65. The number of hydrogen-bond donors (Lipinski definition) is 2. The van der Waals surface area contributed by atoms with Gasteiger partial charge in [-0.3, -0.25) is 4.79 Å². The number of pyridine rings is 1. The minimum absolute atomic E-state index is 0.0882. The molecule has 36 heavy (non-hydrogen) atoms. The van der Waals surface area contributed by atoms with Crippen LogP contribution in [0.3, 0.4) is 0 Å². The predicted molar refractivity (Wildman–Crippen MR) is 138 cm³/mol. The Morgan fingerprint density at radius 1 is 0.944 bits per heavy atom. The van der Waals surface area contributed by atoms with Crippen LogP contribution in [-0.4, -0.2) is 26.7 Å². The molecule has 7 heteroatoms. The molecule has 1 atom stereocenters. The molecule has 0 saturated heterocycles. The van der Waals surface area contributed by atoms with E-state index in [1.165, 1.54) is 10.6 Å².